The zero-order valence-corrected chi connectivity index (χ0v) is 8.67. The third-order valence-electron chi connectivity index (χ3n) is 2.97. The van der Waals surface area contributed by atoms with Crippen molar-refractivity contribution >= 4 is 6.03 Å². The third-order valence-corrected chi connectivity index (χ3v) is 2.97. The molecule has 5 N–H and O–H groups in total. The van der Waals surface area contributed by atoms with Gasteiger partial charge in [-0.1, -0.05) is 32.1 Å². The Hall–Kier alpha value is -0.770. The fourth-order valence-corrected chi connectivity index (χ4v) is 2.24. The number of amides is 2. The highest BCUT2D eigenvalue weighted by Crippen LogP contribution is 2.27. The molecule has 1 atom stereocenters. The van der Waals surface area contributed by atoms with Crippen molar-refractivity contribution in [2.75, 3.05) is 6.54 Å². The van der Waals surface area contributed by atoms with E-state index in [-0.39, 0.29) is 6.04 Å². The van der Waals surface area contributed by atoms with Crippen LogP contribution in [0.4, 0.5) is 4.79 Å². The van der Waals surface area contributed by atoms with Crippen LogP contribution in [0.5, 0.6) is 0 Å². The smallest absolute Gasteiger partial charge is 0.312 e. The fourth-order valence-electron chi connectivity index (χ4n) is 2.24. The maximum Gasteiger partial charge on any atom is 0.312 e. The summed E-state index contributed by atoms with van der Waals surface area (Å²) in [6, 6.07) is -0.396. The number of rotatable bonds is 4. The summed E-state index contributed by atoms with van der Waals surface area (Å²) in [7, 11) is 0. The predicted octanol–water partition coefficient (Wildman–Crippen LogP) is 0.952. The van der Waals surface area contributed by atoms with E-state index in [0.717, 1.165) is 12.3 Å². The van der Waals surface area contributed by atoms with Crippen LogP contribution in [0.15, 0.2) is 0 Å². The van der Waals surface area contributed by atoms with Gasteiger partial charge in [-0.05, 0) is 12.3 Å². The van der Waals surface area contributed by atoms with Gasteiger partial charge in [-0.15, -0.1) is 0 Å². The first-order valence-electron chi connectivity index (χ1n) is 5.48. The van der Waals surface area contributed by atoms with Crippen molar-refractivity contribution in [3.05, 3.63) is 0 Å². The van der Waals surface area contributed by atoms with E-state index in [1.165, 1.54) is 32.1 Å². The number of nitrogens with two attached hydrogens (primary N) is 2. The zero-order valence-electron chi connectivity index (χ0n) is 8.67. The minimum absolute atomic E-state index is 0.0654. The average molecular weight is 199 g/mol. The molecule has 1 saturated carbocycles. The first kappa shape index (κ1) is 11.3. The summed E-state index contributed by atoms with van der Waals surface area (Å²) in [5.74, 6) is 0.726. The van der Waals surface area contributed by atoms with Crippen LogP contribution < -0.4 is 16.8 Å². The van der Waals surface area contributed by atoms with Gasteiger partial charge in [0.2, 0.25) is 0 Å². The number of hydrogen-bond acceptors (Lipinski definition) is 2. The Bertz CT molecular complexity index is 178. The minimum Gasteiger partial charge on any atom is -0.352 e. The molecule has 1 rings (SSSR count). The van der Waals surface area contributed by atoms with Crippen molar-refractivity contribution in [3.8, 4) is 0 Å². The maximum atomic E-state index is 10.7. The fraction of sp³-hybridized carbons (Fsp3) is 0.900. The predicted molar refractivity (Wildman–Crippen MR) is 56.8 cm³/mol. The standard InChI is InChI=1S/C10H21N3O/c11-7-9(13-10(12)14)6-8-4-2-1-3-5-8/h8-9H,1-7,11H2,(H3,12,13,14)/t9-/m0/s1. The second-order valence-electron chi connectivity index (χ2n) is 4.18. The van der Waals surface area contributed by atoms with Gasteiger partial charge in [0.05, 0.1) is 0 Å². The van der Waals surface area contributed by atoms with Crippen molar-refractivity contribution in [2.24, 2.45) is 17.4 Å². The molecule has 0 unspecified atom stereocenters. The van der Waals surface area contributed by atoms with E-state index in [1.54, 1.807) is 0 Å². The molecule has 0 aliphatic heterocycles. The molecular weight excluding hydrogens is 178 g/mol. The van der Waals surface area contributed by atoms with Crippen molar-refractivity contribution in [2.45, 2.75) is 44.6 Å². The monoisotopic (exact) mass is 199 g/mol. The number of urea groups is 1. The molecule has 1 aliphatic carbocycles. The largest absolute Gasteiger partial charge is 0.352 e. The Morgan fingerprint density at radius 3 is 2.50 bits per heavy atom. The zero-order chi connectivity index (χ0) is 10.4. The van der Waals surface area contributed by atoms with Gasteiger partial charge in [0.1, 0.15) is 0 Å². The molecule has 0 heterocycles. The highest BCUT2D eigenvalue weighted by atomic mass is 16.2. The maximum absolute atomic E-state index is 10.7. The van der Waals surface area contributed by atoms with E-state index in [2.05, 4.69) is 5.32 Å². The molecule has 1 fully saturated rings. The molecule has 82 valence electrons. The van der Waals surface area contributed by atoms with Gasteiger partial charge < -0.3 is 16.8 Å². The second kappa shape index (κ2) is 5.86. The van der Waals surface area contributed by atoms with Gasteiger partial charge >= 0.3 is 6.03 Å². The number of carbonyl (C=O) groups is 1. The minimum atomic E-state index is -0.462. The molecule has 0 radical (unpaired) electrons. The van der Waals surface area contributed by atoms with Crippen LogP contribution in [0, 0.1) is 5.92 Å². The normalized spacial score (nSPS) is 20.4. The molecule has 4 heteroatoms. The van der Waals surface area contributed by atoms with Gasteiger partial charge in [0, 0.05) is 12.6 Å². The van der Waals surface area contributed by atoms with Crippen molar-refractivity contribution in [1.82, 2.24) is 5.32 Å². The lowest BCUT2D eigenvalue weighted by Crippen LogP contribution is -2.44. The summed E-state index contributed by atoms with van der Waals surface area (Å²) in [5.41, 5.74) is 10.6. The van der Waals surface area contributed by atoms with E-state index >= 15 is 0 Å². The summed E-state index contributed by atoms with van der Waals surface area (Å²) >= 11 is 0. The Balaban J connectivity index is 2.27. The molecule has 0 bridgehead atoms. The third kappa shape index (κ3) is 3.96. The summed E-state index contributed by atoms with van der Waals surface area (Å²) in [6.07, 6.45) is 7.53. The molecule has 0 aromatic heterocycles. The van der Waals surface area contributed by atoms with Gasteiger partial charge in [0.25, 0.3) is 0 Å². The van der Waals surface area contributed by atoms with Crippen LogP contribution in [-0.2, 0) is 0 Å². The Morgan fingerprint density at radius 2 is 2.00 bits per heavy atom. The molecule has 14 heavy (non-hydrogen) atoms. The van der Waals surface area contributed by atoms with Crippen LogP contribution in [0.1, 0.15) is 38.5 Å². The highest BCUT2D eigenvalue weighted by Gasteiger charge is 2.18. The number of nitrogens with one attached hydrogen (secondary N) is 1. The topological polar surface area (TPSA) is 81.1 Å². The van der Waals surface area contributed by atoms with Crippen molar-refractivity contribution in [1.29, 1.82) is 0 Å². The van der Waals surface area contributed by atoms with Gasteiger partial charge in [-0.3, -0.25) is 0 Å². The highest BCUT2D eigenvalue weighted by molar-refractivity contribution is 5.71. The lowest BCUT2D eigenvalue weighted by atomic mass is 9.85. The summed E-state index contributed by atoms with van der Waals surface area (Å²) in [6.45, 7) is 0.486. The van der Waals surface area contributed by atoms with E-state index in [1.807, 2.05) is 0 Å². The Morgan fingerprint density at radius 1 is 1.36 bits per heavy atom. The molecular formula is C10H21N3O. The molecule has 4 nitrogen and oxygen atoms in total. The molecule has 0 aromatic rings. The molecule has 1 aliphatic rings. The Kier molecular flexibility index (Phi) is 4.73. The molecule has 2 amide bonds. The number of hydrogen-bond donors (Lipinski definition) is 3. The van der Waals surface area contributed by atoms with Crippen LogP contribution in [-0.4, -0.2) is 18.6 Å². The average Bonchev–Trinajstić information content (AvgIpc) is 2.17. The van der Waals surface area contributed by atoms with E-state index in [9.17, 15) is 4.79 Å². The SMILES string of the molecule is NC[C@H](CC1CCCCC1)NC(N)=O. The summed E-state index contributed by atoms with van der Waals surface area (Å²) in [5, 5.41) is 2.69. The lowest BCUT2D eigenvalue weighted by Gasteiger charge is -2.25. The summed E-state index contributed by atoms with van der Waals surface area (Å²) in [4.78, 5) is 10.7. The second-order valence-corrected chi connectivity index (χ2v) is 4.18. The van der Waals surface area contributed by atoms with Crippen molar-refractivity contribution < 1.29 is 4.79 Å². The first-order chi connectivity index (χ1) is 6.72. The van der Waals surface area contributed by atoms with Gasteiger partial charge in [-0.25, -0.2) is 4.79 Å². The molecule has 0 saturated heterocycles. The van der Waals surface area contributed by atoms with Gasteiger partial charge in [-0.2, -0.15) is 0 Å². The van der Waals surface area contributed by atoms with Crippen LogP contribution >= 0.6 is 0 Å². The Labute approximate surface area is 85.4 Å². The van der Waals surface area contributed by atoms with Crippen LogP contribution in [0.25, 0.3) is 0 Å². The lowest BCUT2D eigenvalue weighted by molar-refractivity contribution is 0.239. The number of primary amides is 1. The van der Waals surface area contributed by atoms with Crippen LogP contribution in [0.2, 0.25) is 0 Å². The quantitative estimate of drug-likeness (QED) is 0.630. The molecule has 0 spiro atoms. The van der Waals surface area contributed by atoms with Crippen molar-refractivity contribution in [3.63, 3.8) is 0 Å². The van der Waals surface area contributed by atoms with Gasteiger partial charge in [0.15, 0.2) is 0 Å². The van der Waals surface area contributed by atoms with E-state index in [4.69, 9.17) is 11.5 Å². The van der Waals surface area contributed by atoms with E-state index < -0.39 is 6.03 Å². The molecule has 0 aromatic carbocycles. The summed E-state index contributed by atoms with van der Waals surface area (Å²) < 4.78 is 0. The van der Waals surface area contributed by atoms with E-state index in [0.29, 0.717) is 6.54 Å². The number of carbonyl (C=O) groups excluding carboxylic acids is 1. The van der Waals surface area contributed by atoms with Crippen LogP contribution in [0.3, 0.4) is 0 Å². The first-order valence-corrected chi connectivity index (χ1v) is 5.48.